The zero-order valence-corrected chi connectivity index (χ0v) is 12.5. The minimum Gasteiger partial charge on any atom is -0.338 e. The van der Waals surface area contributed by atoms with Crippen LogP contribution >= 0.6 is 0 Å². The number of nitrogens with zero attached hydrogens (tertiary/aromatic N) is 1. The topological polar surface area (TPSA) is 20.3 Å². The number of hydrogen-bond donors (Lipinski definition) is 0. The second kappa shape index (κ2) is 5.77. The van der Waals surface area contributed by atoms with Crippen LogP contribution in [0.15, 0.2) is 24.3 Å². The molecule has 0 aromatic heterocycles. The molecule has 1 aliphatic rings. The Morgan fingerprint density at radius 3 is 2.11 bits per heavy atom. The van der Waals surface area contributed by atoms with Gasteiger partial charge in [0, 0.05) is 18.7 Å². The van der Waals surface area contributed by atoms with E-state index in [-0.39, 0.29) is 5.91 Å². The number of piperidine rings is 1. The van der Waals surface area contributed by atoms with Crippen LogP contribution < -0.4 is 0 Å². The molecule has 0 bridgehead atoms. The van der Waals surface area contributed by atoms with Crippen LogP contribution in [0, 0.1) is 11.8 Å². The molecule has 1 aromatic rings. The number of carbonyl (C=O) groups excluding carboxylic acids is 1. The lowest BCUT2D eigenvalue weighted by Crippen LogP contribution is -2.42. The van der Waals surface area contributed by atoms with Gasteiger partial charge in [0.05, 0.1) is 0 Å². The predicted molar refractivity (Wildman–Crippen MR) is 79.4 cm³/mol. The molecule has 0 N–H and O–H groups in total. The third kappa shape index (κ3) is 3.37. The van der Waals surface area contributed by atoms with Gasteiger partial charge in [0.25, 0.3) is 5.91 Å². The Balaban J connectivity index is 2.10. The third-order valence-electron chi connectivity index (χ3n) is 3.98. The van der Waals surface area contributed by atoms with Crippen molar-refractivity contribution in [2.24, 2.45) is 11.8 Å². The van der Waals surface area contributed by atoms with E-state index >= 15 is 0 Å². The molecule has 0 spiro atoms. The van der Waals surface area contributed by atoms with Crippen molar-refractivity contribution in [3.63, 3.8) is 0 Å². The largest absolute Gasteiger partial charge is 0.338 e. The summed E-state index contributed by atoms with van der Waals surface area (Å²) < 4.78 is 0. The first-order chi connectivity index (χ1) is 8.97. The smallest absolute Gasteiger partial charge is 0.253 e. The highest BCUT2D eigenvalue weighted by atomic mass is 16.2. The molecule has 2 heteroatoms. The van der Waals surface area contributed by atoms with Crippen LogP contribution in [0.5, 0.6) is 0 Å². The van der Waals surface area contributed by atoms with Crippen molar-refractivity contribution in [3.8, 4) is 0 Å². The van der Waals surface area contributed by atoms with Gasteiger partial charge >= 0.3 is 0 Å². The van der Waals surface area contributed by atoms with Gasteiger partial charge < -0.3 is 4.90 Å². The quantitative estimate of drug-likeness (QED) is 0.788. The van der Waals surface area contributed by atoms with Crippen molar-refractivity contribution in [1.82, 2.24) is 4.90 Å². The zero-order chi connectivity index (χ0) is 14.0. The summed E-state index contributed by atoms with van der Waals surface area (Å²) in [7, 11) is 0. The van der Waals surface area contributed by atoms with E-state index in [2.05, 4.69) is 39.8 Å². The molecule has 2 rings (SSSR count). The molecule has 1 amide bonds. The maximum Gasteiger partial charge on any atom is 0.253 e. The van der Waals surface area contributed by atoms with Gasteiger partial charge in [-0.15, -0.1) is 0 Å². The molecule has 104 valence electrons. The van der Waals surface area contributed by atoms with Gasteiger partial charge in [0.15, 0.2) is 0 Å². The highest BCUT2D eigenvalue weighted by Gasteiger charge is 2.25. The molecule has 0 radical (unpaired) electrons. The van der Waals surface area contributed by atoms with Crippen LogP contribution in [0.1, 0.15) is 56.0 Å². The normalized spacial score (nSPS) is 23.7. The third-order valence-corrected chi connectivity index (χ3v) is 3.98. The van der Waals surface area contributed by atoms with Crippen LogP contribution in [0.4, 0.5) is 0 Å². The number of benzene rings is 1. The number of rotatable bonds is 2. The van der Waals surface area contributed by atoms with Gasteiger partial charge in [-0.2, -0.15) is 0 Å². The Morgan fingerprint density at radius 2 is 1.63 bits per heavy atom. The fraction of sp³-hybridized carbons (Fsp3) is 0.588. The summed E-state index contributed by atoms with van der Waals surface area (Å²) in [4.78, 5) is 14.5. The Kier molecular flexibility index (Phi) is 4.28. The molecular weight excluding hydrogens is 234 g/mol. The van der Waals surface area contributed by atoms with Gasteiger partial charge in [-0.3, -0.25) is 4.79 Å². The molecule has 19 heavy (non-hydrogen) atoms. The molecular formula is C17H25NO. The molecule has 2 unspecified atom stereocenters. The Bertz CT molecular complexity index is 425. The van der Waals surface area contributed by atoms with E-state index in [0.29, 0.717) is 17.8 Å². The summed E-state index contributed by atoms with van der Waals surface area (Å²) in [6.07, 6.45) is 1.23. The lowest BCUT2D eigenvalue weighted by atomic mass is 9.91. The monoisotopic (exact) mass is 259 g/mol. The summed E-state index contributed by atoms with van der Waals surface area (Å²) in [5.41, 5.74) is 2.11. The minimum absolute atomic E-state index is 0.189. The molecule has 1 fully saturated rings. The standard InChI is InChI=1S/C17H25NO/c1-12(2)15-5-7-16(8-6-15)17(19)18-10-13(3)9-14(4)11-18/h5-8,12-14H,9-11H2,1-4H3. The number of hydrogen-bond acceptors (Lipinski definition) is 1. The average Bonchev–Trinajstić information content (AvgIpc) is 2.37. The van der Waals surface area contributed by atoms with Crippen LogP contribution in [-0.2, 0) is 0 Å². The molecule has 1 saturated heterocycles. The fourth-order valence-electron chi connectivity index (χ4n) is 3.02. The van der Waals surface area contributed by atoms with Gasteiger partial charge in [0.1, 0.15) is 0 Å². The maximum absolute atomic E-state index is 12.5. The van der Waals surface area contributed by atoms with Crippen molar-refractivity contribution in [3.05, 3.63) is 35.4 Å². The first-order valence-corrected chi connectivity index (χ1v) is 7.36. The van der Waals surface area contributed by atoms with E-state index in [1.165, 1.54) is 12.0 Å². The predicted octanol–water partition coefficient (Wildman–Crippen LogP) is 3.93. The summed E-state index contributed by atoms with van der Waals surface area (Å²) in [5, 5.41) is 0. The Hall–Kier alpha value is -1.31. The highest BCUT2D eigenvalue weighted by Crippen LogP contribution is 2.23. The van der Waals surface area contributed by atoms with E-state index in [9.17, 15) is 4.79 Å². The molecule has 2 nitrogen and oxygen atoms in total. The van der Waals surface area contributed by atoms with Crippen molar-refractivity contribution in [2.75, 3.05) is 13.1 Å². The number of carbonyl (C=O) groups is 1. The zero-order valence-electron chi connectivity index (χ0n) is 12.5. The molecule has 2 atom stereocenters. The van der Waals surface area contributed by atoms with Crippen molar-refractivity contribution in [1.29, 1.82) is 0 Å². The summed E-state index contributed by atoms with van der Waals surface area (Å²) >= 11 is 0. The van der Waals surface area contributed by atoms with E-state index in [4.69, 9.17) is 0 Å². The maximum atomic E-state index is 12.5. The SMILES string of the molecule is CC1CC(C)CN(C(=O)c2ccc(C(C)C)cc2)C1. The van der Waals surface area contributed by atoms with Gasteiger partial charge in [-0.05, 0) is 41.9 Å². The summed E-state index contributed by atoms with van der Waals surface area (Å²) in [5.74, 6) is 1.93. The minimum atomic E-state index is 0.189. The van der Waals surface area contributed by atoms with Crippen molar-refractivity contribution in [2.45, 2.75) is 40.0 Å². The van der Waals surface area contributed by atoms with Crippen LogP contribution in [0.25, 0.3) is 0 Å². The summed E-state index contributed by atoms with van der Waals surface area (Å²) in [6.45, 7) is 10.6. The van der Waals surface area contributed by atoms with E-state index < -0.39 is 0 Å². The van der Waals surface area contributed by atoms with Crippen molar-refractivity contribution < 1.29 is 4.79 Å². The molecule has 1 heterocycles. The Morgan fingerprint density at radius 1 is 1.11 bits per heavy atom. The number of amides is 1. The van der Waals surface area contributed by atoms with Gasteiger partial charge in [0.2, 0.25) is 0 Å². The van der Waals surface area contributed by atoms with Gasteiger partial charge in [-0.1, -0.05) is 39.8 Å². The van der Waals surface area contributed by atoms with Crippen molar-refractivity contribution >= 4 is 5.91 Å². The second-order valence-electron chi connectivity index (χ2n) is 6.43. The lowest BCUT2D eigenvalue weighted by Gasteiger charge is -2.35. The van der Waals surface area contributed by atoms with E-state index in [1.54, 1.807) is 0 Å². The highest BCUT2D eigenvalue weighted by molar-refractivity contribution is 5.94. The molecule has 1 aliphatic heterocycles. The molecule has 0 aliphatic carbocycles. The molecule has 1 aromatic carbocycles. The van der Waals surface area contributed by atoms with Crippen LogP contribution in [0.2, 0.25) is 0 Å². The van der Waals surface area contributed by atoms with Gasteiger partial charge in [-0.25, -0.2) is 0 Å². The average molecular weight is 259 g/mol. The first kappa shape index (κ1) is 14.1. The fourth-order valence-corrected chi connectivity index (χ4v) is 3.02. The van der Waals surface area contributed by atoms with E-state index in [1.807, 2.05) is 17.0 Å². The second-order valence-corrected chi connectivity index (χ2v) is 6.43. The number of likely N-dealkylation sites (tertiary alicyclic amines) is 1. The van der Waals surface area contributed by atoms with Crippen LogP contribution in [-0.4, -0.2) is 23.9 Å². The Labute approximate surface area is 116 Å². The van der Waals surface area contributed by atoms with E-state index in [0.717, 1.165) is 18.7 Å². The summed E-state index contributed by atoms with van der Waals surface area (Å²) in [6, 6.07) is 8.10. The molecule has 0 saturated carbocycles. The van der Waals surface area contributed by atoms with Crippen LogP contribution in [0.3, 0.4) is 0 Å². The lowest BCUT2D eigenvalue weighted by molar-refractivity contribution is 0.0623. The first-order valence-electron chi connectivity index (χ1n) is 7.36.